The predicted molar refractivity (Wildman–Crippen MR) is 60.5 cm³/mol. The Morgan fingerprint density at radius 2 is 2.36 bits per heavy atom. The van der Waals surface area contributed by atoms with Gasteiger partial charge in [-0.15, -0.1) is 0 Å². The maximum Gasteiger partial charge on any atom is 0.0506 e. The van der Waals surface area contributed by atoms with Gasteiger partial charge in [-0.2, -0.15) is 0 Å². The fourth-order valence-corrected chi connectivity index (χ4v) is 2.08. The largest absolute Gasteiger partial charge is 0.381 e. The summed E-state index contributed by atoms with van der Waals surface area (Å²) in [6.07, 6.45) is 5.23. The summed E-state index contributed by atoms with van der Waals surface area (Å²) in [6, 6.07) is 0. The van der Waals surface area contributed by atoms with E-state index in [4.69, 9.17) is 4.74 Å². The number of rotatable bonds is 6. The van der Waals surface area contributed by atoms with Gasteiger partial charge in [0.1, 0.15) is 0 Å². The summed E-state index contributed by atoms with van der Waals surface area (Å²) >= 11 is 0. The standard InChI is InChI=1S/C12H25NO/c1-3-5-11(2)9-14-10-12-6-4-7-13-8-12/h11-13H,3-10H2,1-2H3. The lowest BCUT2D eigenvalue weighted by molar-refractivity contribution is 0.0659. The zero-order valence-corrected chi connectivity index (χ0v) is 9.72. The molecule has 0 spiro atoms. The lowest BCUT2D eigenvalue weighted by Gasteiger charge is -2.23. The molecular formula is C12H25NO. The molecule has 2 atom stereocenters. The van der Waals surface area contributed by atoms with Crippen LogP contribution in [0.2, 0.25) is 0 Å². The average molecular weight is 199 g/mol. The van der Waals surface area contributed by atoms with Crippen LogP contribution in [0.3, 0.4) is 0 Å². The van der Waals surface area contributed by atoms with Gasteiger partial charge in [-0.25, -0.2) is 0 Å². The smallest absolute Gasteiger partial charge is 0.0506 e. The molecule has 0 aliphatic carbocycles. The second kappa shape index (κ2) is 7.24. The Morgan fingerprint density at radius 1 is 1.50 bits per heavy atom. The summed E-state index contributed by atoms with van der Waals surface area (Å²) < 4.78 is 5.75. The molecule has 1 rings (SSSR count). The second-order valence-corrected chi connectivity index (χ2v) is 4.64. The molecular weight excluding hydrogens is 174 g/mol. The van der Waals surface area contributed by atoms with Crippen LogP contribution in [0.25, 0.3) is 0 Å². The minimum absolute atomic E-state index is 0.733. The molecule has 2 unspecified atom stereocenters. The molecule has 1 aliphatic heterocycles. The quantitative estimate of drug-likeness (QED) is 0.709. The lowest BCUT2D eigenvalue weighted by atomic mass is 10.0. The fourth-order valence-electron chi connectivity index (χ4n) is 2.08. The van der Waals surface area contributed by atoms with E-state index in [0.29, 0.717) is 0 Å². The number of piperidine rings is 1. The van der Waals surface area contributed by atoms with Crippen molar-refractivity contribution in [2.45, 2.75) is 39.5 Å². The monoisotopic (exact) mass is 199 g/mol. The van der Waals surface area contributed by atoms with Crippen LogP contribution in [-0.4, -0.2) is 26.3 Å². The number of ether oxygens (including phenoxy) is 1. The van der Waals surface area contributed by atoms with E-state index < -0.39 is 0 Å². The second-order valence-electron chi connectivity index (χ2n) is 4.64. The van der Waals surface area contributed by atoms with E-state index >= 15 is 0 Å². The van der Waals surface area contributed by atoms with Crippen molar-refractivity contribution in [3.05, 3.63) is 0 Å². The first-order chi connectivity index (χ1) is 6.83. The number of nitrogens with one attached hydrogen (secondary N) is 1. The van der Waals surface area contributed by atoms with Crippen LogP contribution >= 0.6 is 0 Å². The van der Waals surface area contributed by atoms with Crippen molar-refractivity contribution in [1.82, 2.24) is 5.32 Å². The molecule has 0 radical (unpaired) electrons. The van der Waals surface area contributed by atoms with E-state index in [9.17, 15) is 0 Å². The van der Waals surface area contributed by atoms with Gasteiger partial charge in [0.2, 0.25) is 0 Å². The predicted octanol–water partition coefficient (Wildman–Crippen LogP) is 2.44. The summed E-state index contributed by atoms with van der Waals surface area (Å²) in [7, 11) is 0. The topological polar surface area (TPSA) is 21.3 Å². The van der Waals surface area contributed by atoms with Crippen molar-refractivity contribution in [1.29, 1.82) is 0 Å². The molecule has 0 aromatic heterocycles. The van der Waals surface area contributed by atoms with Gasteiger partial charge in [0.15, 0.2) is 0 Å². The summed E-state index contributed by atoms with van der Waals surface area (Å²) in [5.74, 6) is 1.49. The molecule has 1 saturated heterocycles. The molecule has 1 N–H and O–H groups in total. The molecule has 1 fully saturated rings. The number of hydrogen-bond acceptors (Lipinski definition) is 2. The third-order valence-electron chi connectivity index (χ3n) is 2.94. The van der Waals surface area contributed by atoms with Gasteiger partial charge in [-0.05, 0) is 37.6 Å². The van der Waals surface area contributed by atoms with Crippen LogP contribution in [0, 0.1) is 11.8 Å². The Balaban J connectivity index is 1.96. The fraction of sp³-hybridized carbons (Fsp3) is 1.00. The van der Waals surface area contributed by atoms with Gasteiger partial charge in [-0.3, -0.25) is 0 Å². The van der Waals surface area contributed by atoms with E-state index in [-0.39, 0.29) is 0 Å². The molecule has 84 valence electrons. The normalized spacial score (nSPS) is 24.9. The lowest BCUT2D eigenvalue weighted by Crippen LogP contribution is -2.32. The molecule has 0 amide bonds. The maximum absolute atomic E-state index is 5.75. The Bertz CT molecular complexity index is 132. The van der Waals surface area contributed by atoms with Crippen molar-refractivity contribution >= 4 is 0 Å². The van der Waals surface area contributed by atoms with Gasteiger partial charge in [-0.1, -0.05) is 20.3 Å². The first-order valence-electron chi connectivity index (χ1n) is 6.11. The maximum atomic E-state index is 5.75. The van der Waals surface area contributed by atoms with Gasteiger partial charge >= 0.3 is 0 Å². The SMILES string of the molecule is CCCC(C)COCC1CCCNC1. The van der Waals surface area contributed by atoms with Crippen LogP contribution in [0.5, 0.6) is 0 Å². The zero-order chi connectivity index (χ0) is 10.2. The minimum Gasteiger partial charge on any atom is -0.381 e. The highest BCUT2D eigenvalue weighted by molar-refractivity contribution is 4.68. The van der Waals surface area contributed by atoms with Crippen LogP contribution in [0.1, 0.15) is 39.5 Å². The first-order valence-corrected chi connectivity index (χ1v) is 6.11. The van der Waals surface area contributed by atoms with Crippen LogP contribution < -0.4 is 5.32 Å². The first kappa shape index (κ1) is 12.0. The molecule has 2 nitrogen and oxygen atoms in total. The highest BCUT2D eigenvalue weighted by atomic mass is 16.5. The molecule has 1 aliphatic rings. The van der Waals surface area contributed by atoms with Crippen molar-refractivity contribution in [3.8, 4) is 0 Å². The Labute approximate surface area is 88.4 Å². The Kier molecular flexibility index (Phi) is 6.20. The van der Waals surface area contributed by atoms with Gasteiger partial charge in [0, 0.05) is 13.2 Å². The summed E-state index contributed by atoms with van der Waals surface area (Å²) in [4.78, 5) is 0. The van der Waals surface area contributed by atoms with Gasteiger partial charge < -0.3 is 10.1 Å². The molecule has 0 bridgehead atoms. The third-order valence-corrected chi connectivity index (χ3v) is 2.94. The van der Waals surface area contributed by atoms with Crippen molar-refractivity contribution in [2.24, 2.45) is 11.8 Å². The van der Waals surface area contributed by atoms with Gasteiger partial charge in [0.25, 0.3) is 0 Å². The molecule has 1 heterocycles. The molecule has 14 heavy (non-hydrogen) atoms. The highest BCUT2D eigenvalue weighted by Gasteiger charge is 2.13. The van der Waals surface area contributed by atoms with Crippen LogP contribution in [0.15, 0.2) is 0 Å². The summed E-state index contributed by atoms with van der Waals surface area (Å²) in [5, 5.41) is 3.42. The highest BCUT2D eigenvalue weighted by Crippen LogP contribution is 2.11. The van der Waals surface area contributed by atoms with Crippen molar-refractivity contribution in [3.63, 3.8) is 0 Å². The molecule has 0 saturated carbocycles. The van der Waals surface area contributed by atoms with E-state index in [1.165, 1.54) is 32.2 Å². The molecule has 2 heteroatoms. The van der Waals surface area contributed by atoms with E-state index in [0.717, 1.165) is 31.6 Å². The van der Waals surface area contributed by atoms with Crippen LogP contribution in [0.4, 0.5) is 0 Å². The van der Waals surface area contributed by atoms with E-state index in [1.54, 1.807) is 0 Å². The molecule has 0 aromatic rings. The van der Waals surface area contributed by atoms with E-state index in [1.807, 2.05) is 0 Å². The summed E-state index contributed by atoms with van der Waals surface area (Å²) in [5.41, 5.74) is 0. The van der Waals surface area contributed by atoms with Crippen molar-refractivity contribution < 1.29 is 4.74 Å². The minimum atomic E-state index is 0.733. The zero-order valence-electron chi connectivity index (χ0n) is 9.72. The molecule has 0 aromatic carbocycles. The third kappa shape index (κ3) is 4.97. The van der Waals surface area contributed by atoms with E-state index in [2.05, 4.69) is 19.2 Å². The number of hydrogen-bond donors (Lipinski definition) is 1. The Morgan fingerprint density at radius 3 is 3.00 bits per heavy atom. The average Bonchev–Trinajstić information content (AvgIpc) is 2.20. The Hall–Kier alpha value is -0.0800. The summed E-state index contributed by atoms with van der Waals surface area (Å²) in [6.45, 7) is 8.78. The van der Waals surface area contributed by atoms with Gasteiger partial charge in [0.05, 0.1) is 6.61 Å². The van der Waals surface area contributed by atoms with Crippen LogP contribution in [-0.2, 0) is 4.74 Å². The van der Waals surface area contributed by atoms with Crippen molar-refractivity contribution in [2.75, 3.05) is 26.3 Å².